The van der Waals surface area contributed by atoms with Crippen molar-refractivity contribution in [3.05, 3.63) is 24.0 Å². The third kappa shape index (κ3) is 3.17. The van der Waals surface area contributed by atoms with Crippen molar-refractivity contribution in [3.63, 3.8) is 0 Å². The van der Waals surface area contributed by atoms with E-state index >= 15 is 0 Å². The van der Waals surface area contributed by atoms with E-state index in [9.17, 15) is 0 Å². The van der Waals surface area contributed by atoms with Crippen molar-refractivity contribution < 1.29 is 0 Å². The fraction of sp³-hybridized carbons (Fsp3) is 0.750. The number of hydrogen-bond acceptors (Lipinski definition) is 1. The third-order valence-corrected chi connectivity index (χ3v) is 4.61. The van der Waals surface area contributed by atoms with E-state index in [0.29, 0.717) is 5.41 Å². The molecule has 1 N–H and O–H groups in total. The normalized spacial score (nSPS) is 18.3. The van der Waals surface area contributed by atoms with Crippen molar-refractivity contribution in [3.8, 4) is 0 Å². The predicted molar refractivity (Wildman–Crippen MR) is 77.6 cm³/mol. The van der Waals surface area contributed by atoms with Gasteiger partial charge in [0.05, 0.1) is 0 Å². The molecule has 1 aliphatic rings. The Bertz CT molecular complexity index is 348. The number of aromatic nitrogens is 1. The van der Waals surface area contributed by atoms with Crippen LogP contribution in [0, 0.1) is 5.41 Å². The monoisotopic (exact) mass is 248 g/mol. The lowest BCUT2D eigenvalue weighted by Crippen LogP contribution is -2.31. The van der Waals surface area contributed by atoms with Gasteiger partial charge in [-0.25, -0.2) is 0 Å². The van der Waals surface area contributed by atoms with Crippen LogP contribution in [0.1, 0.15) is 58.1 Å². The Labute approximate surface area is 112 Å². The summed E-state index contributed by atoms with van der Waals surface area (Å²) in [6, 6.07) is 4.41. The molecule has 1 fully saturated rings. The largest absolute Gasteiger partial charge is 0.350 e. The summed E-state index contributed by atoms with van der Waals surface area (Å²) < 4.78 is 2.38. The lowest BCUT2D eigenvalue weighted by molar-refractivity contribution is 0.267. The maximum Gasteiger partial charge on any atom is 0.0359 e. The highest BCUT2D eigenvalue weighted by Gasteiger charge is 2.31. The molecule has 0 radical (unpaired) electrons. The van der Waals surface area contributed by atoms with Gasteiger partial charge in [-0.1, -0.05) is 26.7 Å². The Kier molecular flexibility index (Phi) is 4.87. The first-order valence-corrected chi connectivity index (χ1v) is 7.64. The van der Waals surface area contributed by atoms with Gasteiger partial charge in [-0.3, -0.25) is 0 Å². The zero-order valence-corrected chi connectivity index (χ0v) is 12.0. The lowest BCUT2D eigenvalue weighted by atomic mass is 9.83. The van der Waals surface area contributed by atoms with E-state index < -0.39 is 0 Å². The summed E-state index contributed by atoms with van der Waals surface area (Å²) in [5.41, 5.74) is 2.03. The number of aryl methyl sites for hydroxylation is 1. The van der Waals surface area contributed by atoms with Crippen LogP contribution in [0.15, 0.2) is 18.3 Å². The Morgan fingerprint density at radius 3 is 2.72 bits per heavy atom. The van der Waals surface area contributed by atoms with Crippen LogP contribution in [-0.4, -0.2) is 11.1 Å². The predicted octanol–water partition coefficient (Wildman–Crippen LogP) is 3.96. The third-order valence-electron chi connectivity index (χ3n) is 4.61. The topological polar surface area (TPSA) is 17.0 Å². The Morgan fingerprint density at radius 2 is 2.06 bits per heavy atom. The summed E-state index contributed by atoms with van der Waals surface area (Å²) in [6.45, 7) is 7.95. The minimum absolute atomic E-state index is 0.599. The van der Waals surface area contributed by atoms with Crippen LogP contribution in [-0.2, 0) is 13.1 Å². The molecule has 2 rings (SSSR count). The van der Waals surface area contributed by atoms with Gasteiger partial charge in [0.25, 0.3) is 0 Å². The fourth-order valence-electron chi connectivity index (χ4n) is 3.31. The summed E-state index contributed by atoms with van der Waals surface area (Å²) in [5, 5.41) is 3.70. The van der Waals surface area contributed by atoms with Crippen molar-refractivity contribution >= 4 is 0 Å². The van der Waals surface area contributed by atoms with Crippen molar-refractivity contribution in [1.82, 2.24) is 9.88 Å². The van der Waals surface area contributed by atoms with Crippen LogP contribution in [0.3, 0.4) is 0 Å². The van der Waals surface area contributed by atoms with Crippen LogP contribution in [0.2, 0.25) is 0 Å². The van der Waals surface area contributed by atoms with Gasteiger partial charge in [0, 0.05) is 31.5 Å². The van der Waals surface area contributed by atoms with Gasteiger partial charge in [0.1, 0.15) is 0 Å². The molecule has 0 amide bonds. The molecule has 18 heavy (non-hydrogen) atoms. The van der Waals surface area contributed by atoms with Crippen LogP contribution in [0.25, 0.3) is 0 Å². The highest BCUT2D eigenvalue weighted by Crippen LogP contribution is 2.40. The number of nitrogens with zero attached hydrogens (tertiary/aromatic N) is 1. The smallest absolute Gasteiger partial charge is 0.0359 e. The first-order valence-electron chi connectivity index (χ1n) is 7.64. The molecule has 1 aliphatic carbocycles. The summed E-state index contributed by atoms with van der Waals surface area (Å²) in [4.78, 5) is 0. The first kappa shape index (κ1) is 13.7. The van der Waals surface area contributed by atoms with Crippen LogP contribution in [0.5, 0.6) is 0 Å². The van der Waals surface area contributed by atoms with E-state index in [0.717, 1.165) is 13.1 Å². The van der Waals surface area contributed by atoms with Crippen LogP contribution in [0.4, 0.5) is 0 Å². The Hall–Kier alpha value is -0.760. The number of nitrogens with one attached hydrogen (secondary N) is 1. The summed E-state index contributed by atoms with van der Waals surface area (Å²) >= 11 is 0. The van der Waals surface area contributed by atoms with E-state index in [1.165, 1.54) is 50.8 Å². The van der Waals surface area contributed by atoms with Gasteiger partial charge >= 0.3 is 0 Å². The van der Waals surface area contributed by atoms with Crippen LogP contribution < -0.4 is 5.32 Å². The van der Waals surface area contributed by atoms with Gasteiger partial charge in [-0.2, -0.15) is 0 Å². The Morgan fingerprint density at radius 1 is 1.28 bits per heavy atom. The summed E-state index contributed by atoms with van der Waals surface area (Å²) in [5.74, 6) is 0. The van der Waals surface area contributed by atoms with E-state index in [1.54, 1.807) is 0 Å². The average molecular weight is 248 g/mol. The molecule has 2 heteroatoms. The minimum atomic E-state index is 0.599. The molecule has 2 nitrogen and oxygen atoms in total. The molecule has 0 atom stereocenters. The Balaban J connectivity index is 1.82. The summed E-state index contributed by atoms with van der Waals surface area (Å²) in [6.07, 6.45) is 10.4. The molecular formula is C16H28N2. The number of hydrogen-bond donors (Lipinski definition) is 1. The lowest BCUT2D eigenvalue weighted by Gasteiger charge is -2.28. The van der Waals surface area contributed by atoms with E-state index in [4.69, 9.17) is 0 Å². The van der Waals surface area contributed by atoms with Crippen molar-refractivity contribution in [2.24, 2.45) is 5.41 Å². The molecular weight excluding hydrogens is 220 g/mol. The second-order valence-corrected chi connectivity index (χ2v) is 5.86. The molecule has 0 unspecified atom stereocenters. The van der Waals surface area contributed by atoms with E-state index in [1.807, 2.05) is 0 Å². The fourth-order valence-corrected chi connectivity index (χ4v) is 3.31. The molecule has 0 aromatic carbocycles. The van der Waals surface area contributed by atoms with Gasteiger partial charge in [-0.05, 0) is 43.2 Å². The van der Waals surface area contributed by atoms with E-state index in [-0.39, 0.29) is 0 Å². The molecule has 1 aromatic rings. The standard InChI is InChI=1S/C16H28N2/c1-3-11-18-12-7-8-15(18)13-17-14-16(4-2)9-5-6-10-16/h7-8,12,17H,3-6,9-11,13-14H2,1-2H3. The first-order chi connectivity index (χ1) is 8.79. The highest BCUT2D eigenvalue weighted by molar-refractivity contribution is 5.07. The zero-order valence-electron chi connectivity index (χ0n) is 12.0. The van der Waals surface area contributed by atoms with Crippen molar-refractivity contribution in [1.29, 1.82) is 0 Å². The maximum atomic E-state index is 3.70. The molecule has 0 saturated heterocycles. The maximum absolute atomic E-state index is 3.70. The van der Waals surface area contributed by atoms with Gasteiger partial charge in [-0.15, -0.1) is 0 Å². The molecule has 0 spiro atoms. The van der Waals surface area contributed by atoms with Crippen molar-refractivity contribution in [2.75, 3.05) is 6.54 Å². The molecule has 0 bridgehead atoms. The molecule has 1 saturated carbocycles. The molecule has 1 aromatic heterocycles. The van der Waals surface area contributed by atoms with Crippen LogP contribution >= 0.6 is 0 Å². The van der Waals surface area contributed by atoms with Gasteiger partial charge in [0.15, 0.2) is 0 Å². The zero-order chi connectivity index (χ0) is 12.8. The summed E-state index contributed by atoms with van der Waals surface area (Å²) in [7, 11) is 0. The second-order valence-electron chi connectivity index (χ2n) is 5.86. The quantitative estimate of drug-likeness (QED) is 0.773. The molecule has 102 valence electrons. The van der Waals surface area contributed by atoms with E-state index in [2.05, 4.69) is 42.1 Å². The minimum Gasteiger partial charge on any atom is -0.350 e. The average Bonchev–Trinajstić information content (AvgIpc) is 3.01. The van der Waals surface area contributed by atoms with Gasteiger partial charge in [0.2, 0.25) is 0 Å². The molecule has 0 aliphatic heterocycles. The second kappa shape index (κ2) is 6.42. The van der Waals surface area contributed by atoms with Gasteiger partial charge < -0.3 is 9.88 Å². The van der Waals surface area contributed by atoms with Crippen molar-refractivity contribution in [2.45, 2.75) is 65.5 Å². The SMILES string of the molecule is CCCn1cccc1CNCC1(CC)CCCC1. The number of rotatable bonds is 7. The highest BCUT2D eigenvalue weighted by atomic mass is 15.0. The molecule has 1 heterocycles.